The van der Waals surface area contributed by atoms with E-state index in [9.17, 15) is 9.90 Å². The van der Waals surface area contributed by atoms with Crippen molar-refractivity contribution in [1.29, 1.82) is 0 Å². The van der Waals surface area contributed by atoms with Gasteiger partial charge in [-0.25, -0.2) is 9.97 Å². The first-order chi connectivity index (χ1) is 16.7. The molecule has 9 heteroatoms. The molecular formula is C26H39N7O2. The number of rotatable bonds is 7. The summed E-state index contributed by atoms with van der Waals surface area (Å²) in [7, 11) is 0. The van der Waals surface area contributed by atoms with Gasteiger partial charge in [-0.2, -0.15) is 0 Å². The van der Waals surface area contributed by atoms with Gasteiger partial charge in [0.05, 0.1) is 11.8 Å². The summed E-state index contributed by atoms with van der Waals surface area (Å²) >= 11 is 0. The summed E-state index contributed by atoms with van der Waals surface area (Å²) in [5.74, 6) is 0.405. The van der Waals surface area contributed by atoms with E-state index in [1.54, 1.807) is 0 Å². The molecule has 1 aromatic carbocycles. The lowest BCUT2D eigenvalue weighted by Gasteiger charge is -2.38. The van der Waals surface area contributed by atoms with E-state index in [1.807, 2.05) is 13.0 Å². The van der Waals surface area contributed by atoms with Gasteiger partial charge in [-0.3, -0.25) is 4.79 Å². The molecule has 6 N–H and O–H groups in total. The third-order valence-corrected chi connectivity index (χ3v) is 6.93. The summed E-state index contributed by atoms with van der Waals surface area (Å²) < 4.78 is 0. The normalized spacial score (nSPS) is 24.8. The zero-order valence-electron chi connectivity index (χ0n) is 21.3. The lowest BCUT2D eigenvalue weighted by atomic mass is 9.93. The van der Waals surface area contributed by atoms with Crippen molar-refractivity contribution in [2.45, 2.75) is 84.0 Å². The maximum Gasteiger partial charge on any atom is 0.271 e. The summed E-state index contributed by atoms with van der Waals surface area (Å²) in [6, 6.07) is 7.28. The fourth-order valence-corrected chi connectivity index (χ4v) is 5.25. The van der Waals surface area contributed by atoms with Crippen LogP contribution in [0, 0.1) is 6.92 Å². The van der Waals surface area contributed by atoms with Crippen molar-refractivity contribution < 1.29 is 9.90 Å². The molecule has 1 saturated heterocycles. The van der Waals surface area contributed by atoms with E-state index in [1.165, 1.54) is 5.69 Å². The number of aliphatic hydroxyl groups excluding tert-OH is 1. The van der Waals surface area contributed by atoms with Gasteiger partial charge in [0.1, 0.15) is 5.82 Å². The predicted octanol–water partition coefficient (Wildman–Crippen LogP) is 3.09. The summed E-state index contributed by atoms with van der Waals surface area (Å²) in [5.41, 5.74) is 9.71. The fourth-order valence-electron chi connectivity index (χ4n) is 5.25. The van der Waals surface area contributed by atoms with Gasteiger partial charge in [-0.05, 0) is 76.6 Å². The molecule has 9 nitrogen and oxygen atoms in total. The van der Waals surface area contributed by atoms with Crippen molar-refractivity contribution in [1.82, 2.24) is 15.3 Å². The number of benzene rings is 1. The van der Waals surface area contributed by atoms with Gasteiger partial charge in [0, 0.05) is 42.6 Å². The molecule has 2 aromatic rings. The highest BCUT2D eigenvalue weighted by Gasteiger charge is 2.24. The Balaban J connectivity index is 1.58. The van der Waals surface area contributed by atoms with Gasteiger partial charge in [0.15, 0.2) is 11.5 Å². The minimum atomic E-state index is -0.612. The summed E-state index contributed by atoms with van der Waals surface area (Å²) in [5, 5.41) is 20.2. The fraction of sp³-hybridized carbons (Fsp3) is 0.577. The average Bonchev–Trinajstić information content (AvgIpc) is 2.80. The Hall–Kier alpha value is -2.91. The van der Waals surface area contributed by atoms with E-state index in [0.717, 1.165) is 50.0 Å². The first-order valence-electron chi connectivity index (χ1n) is 12.8. The van der Waals surface area contributed by atoms with Crippen LogP contribution >= 0.6 is 0 Å². The van der Waals surface area contributed by atoms with E-state index >= 15 is 0 Å². The summed E-state index contributed by atoms with van der Waals surface area (Å²) in [6.07, 6.45) is 3.69. The van der Waals surface area contributed by atoms with Crippen LogP contribution in [0.2, 0.25) is 0 Å². The molecule has 1 aromatic heterocycles. The Kier molecular flexibility index (Phi) is 7.76. The Morgan fingerprint density at radius 2 is 1.83 bits per heavy atom. The molecule has 0 unspecified atom stereocenters. The van der Waals surface area contributed by atoms with Crippen LogP contribution in [0.4, 0.5) is 23.0 Å². The molecule has 0 radical (unpaired) electrons. The van der Waals surface area contributed by atoms with Crippen molar-refractivity contribution >= 4 is 28.9 Å². The van der Waals surface area contributed by atoms with Gasteiger partial charge >= 0.3 is 0 Å². The molecular weight excluding hydrogens is 442 g/mol. The van der Waals surface area contributed by atoms with Crippen LogP contribution in [0.3, 0.4) is 0 Å². The highest BCUT2D eigenvalue weighted by Crippen LogP contribution is 2.29. The molecule has 1 aliphatic carbocycles. The van der Waals surface area contributed by atoms with Crippen molar-refractivity contribution in [3.8, 4) is 0 Å². The van der Waals surface area contributed by atoms with Crippen LogP contribution in [0.5, 0.6) is 0 Å². The van der Waals surface area contributed by atoms with Gasteiger partial charge in [-0.15, -0.1) is 0 Å². The van der Waals surface area contributed by atoms with Crippen LogP contribution in [0.1, 0.15) is 68.2 Å². The molecule has 0 spiro atoms. The molecule has 1 aliphatic heterocycles. The number of amides is 1. The van der Waals surface area contributed by atoms with Crippen LogP contribution < -0.4 is 26.6 Å². The maximum atomic E-state index is 12.2. The van der Waals surface area contributed by atoms with Gasteiger partial charge in [-0.1, -0.05) is 6.92 Å². The lowest BCUT2D eigenvalue weighted by Crippen LogP contribution is -2.54. The SMILES string of the molecule is CCc1nc(C(N)=O)c(Nc2ccc(N3C[C@@H](C)N[C@@H](C)C3)c(C)c2)nc1NC1CCC(O)CC1. The molecule has 2 atom stereocenters. The second-order valence-electron chi connectivity index (χ2n) is 10.1. The Morgan fingerprint density at radius 3 is 2.43 bits per heavy atom. The Bertz CT molecular complexity index is 1040. The molecule has 35 heavy (non-hydrogen) atoms. The molecule has 2 fully saturated rings. The second kappa shape index (κ2) is 10.8. The molecule has 0 bridgehead atoms. The molecule has 190 valence electrons. The van der Waals surface area contributed by atoms with Crippen LogP contribution in [0.15, 0.2) is 18.2 Å². The summed E-state index contributed by atoms with van der Waals surface area (Å²) in [4.78, 5) is 24.0. The molecule has 4 rings (SSSR count). The van der Waals surface area contributed by atoms with Crippen LogP contribution in [-0.4, -0.2) is 58.3 Å². The highest BCUT2D eigenvalue weighted by atomic mass is 16.3. The smallest absolute Gasteiger partial charge is 0.271 e. The first kappa shape index (κ1) is 25.2. The van der Waals surface area contributed by atoms with Gasteiger partial charge in [0.25, 0.3) is 5.91 Å². The minimum absolute atomic E-state index is 0.137. The number of piperazine rings is 1. The number of aromatic nitrogens is 2. The van der Waals surface area contributed by atoms with E-state index < -0.39 is 5.91 Å². The number of primary amides is 1. The number of carbonyl (C=O) groups excluding carboxylic acids is 1. The largest absolute Gasteiger partial charge is 0.393 e. The number of nitrogens with one attached hydrogen (secondary N) is 3. The number of nitrogens with two attached hydrogens (primary N) is 1. The monoisotopic (exact) mass is 481 g/mol. The van der Waals surface area contributed by atoms with E-state index in [4.69, 9.17) is 10.7 Å². The number of anilines is 4. The summed E-state index contributed by atoms with van der Waals surface area (Å²) in [6.45, 7) is 10.4. The number of carbonyl (C=O) groups is 1. The number of aliphatic hydroxyl groups is 1. The number of hydrogen-bond acceptors (Lipinski definition) is 8. The van der Waals surface area contributed by atoms with Crippen molar-refractivity contribution in [3.05, 3.63) is 35.2 Å². The zero-order valence-corrected chi connectivity index (χ0v) is 21.3. The minimum Gasteiger partial charge on any atom is -0.393 e. The molecule has 1 saturated carbocycles. The van der Waals surface area contributed by atoms with Gasteiger partial charge in [0.2, 0.25) is 0 Å². The average molecular weight is 482 g/mol. The van der Waals surface area contributed by atoms with E-state index in [-0.39, 0.29) is 17.8 Å². The molecule has 2 aliphatic rings. The third-order valence-electron chi connectivity index (χ3n) is 6.93. The number of aryl methyl sites for hydroxylation is 2. The Labute approximate surface area is 207 Å². The van der Waals surface area contributed by atoms with Crippen LogP contribution in [-0.2, 0) is 6.42 Å². The number of hydrogen-bond donors (Lipinski definition) is 5. The molecule has 2 heterocycles. The predicted molar refractivity (Wildman–Crippen MR) is 141 cm³/mol. The standard InChI is InChI=1S/C26H39N7O2/c1-5-21-25(29-18-6-9-20(34)10-7-18)32-26(23(31-21)24(27)35)30-19-8-11-22(15(2)12-19)33-13-16(3)28-17(4)14-33/h8,11-12,16-18,20,28,34H,5-7,9-10,13-14H2,1-4H3,(H2,27,35)(H2,29,30,32)/t16-,17+,18?,20?. The van der Waals surface area contributed by atoms with Crippen LogP contribution in [0.25, 0.3) is 0 Å². The van der Waals surface area contributed by atoms with Crippen molar-refractivity contribution in [3.63, 3.8) is 0 Å². The second-order valence-corrected chi connectivity index (χ2v) is 10.1. The third kappa shape index (κ3) is 6.02. The molecule has 1 amide bonds. The maximum absolute atomic E-state index is 12.2. The highest BCUT2D eigenvalue weighted by molar-refractivity contribution is 5.96. The topological polar surface area (TPSA) is 128 Å². The van der Waals surface area contributed by atoms with E-state index in [0.29, 0.717) is 35.8 Å². The zero-order chi connectivity index (χ0) is 25.1. The quantitative estimate of drug-likeness (QED) is 0.408. The first-order valence-corrected chi connectivity index (χ1v) is 12.8. The van der Waals surface area contributed by atoms with E-state index in [2.05, 4.69) is 58.7 Å². The lowest BCUT2D eigenvalue weighted by molar-refractivity contribution is 0.0996. The Morgan fingerprint density at radius 1 is 1.14 bits per heavy atom. The number of nitrogens with zero attached hydrogens (tertiary/aromatic N) is 3. The van der Waals surface area contributed by atoms with Gasteiger partial charge < -0.3 is 31.7 Å². The van der Waals surface area contributed by atoms with Crippen molar-refractivity contribution in [2.75, 3.05) is 28.6 Å². The van der Waals surface area contributed by atoms with Crippen molar-refractivity contribution in [2.24, 2.45) is 5.73 Å².